The molecule has 2 heteroatoms. The van der Waals surface area contributed by atoms with Crippen LogP contribution in [0.5, 0.6) is 0 Å². The molecule has 0 bridgehead atoms. The summed E-state index contributed by atoms with van der Waals surface area (Å²) in [5.74, 6) is 0. The van der Waals surface area contributed by atoms with Crippen molar-refractivity contribution in [2.45, 2.75) is 0 Å². The summed E-state index contributed by atoms with van der Waals surface area (Å²) in [6, 6.07) is 0. The number of nitrogens with one attached hydrogen (secondary N) is 2. The van der Waals surface area contributed by atoms with E-state index in [2.05, 4.69) is 5.32 Å². The van der Waals surface area contributed by atoms with Crippen LogP contribution in [-0.4, -0.2) is 26.1 Å². The van der Waals surface area contributed by atoms with Gasteiger partial charge in [0.25, 0.3) is 0 Å². The van der Waals surface area contributed by atoms with E-state index in [9.17, 15) is 0 Å². The van der Waals surface area contributed by atoms with Gasteiger partial charge in [-0.2, -0.15) is 0 Å². The number of hydrogen-bond acceptors (Lipinski definition) is 2. The number of rotatable bonds is 0. The largest absolute Gasteiger partial charge is 0.314 e. The number of hydrogen-bond donors (Lipinski definition) is 2. The molecule has 0 aromatic rings. The molecule has 0 aromatic carbocycles. The average Bonchev–Trinajstić information content (AvgIpc) is 1.77. The van der Waals surface area contributed by atoms with E-state index < -0.39 is 6.50 Å². The maximum Gasteiger partial charge on any atom is 0.122 e. The van der Waals surface area contributed by atoms with Crippen molar-refractivity contribution in [3.8, 4) is 0 Å². The van der Waals surface area contributed by atoms with Crippen molar-refractivity contribution < 1.29 is 4.15 Å². The van der Waals surface area contributed by atoms with Crippen LogP contribution in [0.4, 0.5) is 0 Å². The molecule has 0 aliphatic carbocycles. The molecular formula is C4H10N2. The number of piperazine rings is 1. The third-order valence-electron chi connectivity index (χ3n) is 0.716. The van der Waals surface area contributed by atoms with E-state index in [1.54, 1.807) is 0 Å². The second kappa shape index (κ2) is 2.16. The van der Waals surface area contributed by atoms with E-state index in [1.807, 2.05) is 0 Å². The van der Waals surface area contributed by atoms with E-state index in [0.717, 1.165) is 5.31 Å². The van der Waals surface area contributed by atoms with E-state index in [-0.39, 0.29) is 6.54 Å². The summed E-state index contributed by atoms with van der Waals surface area (Å²) in [7, 11) is 0. The van der Waals surface area contributed by atoms with Gasteiger partial charge < -0.3 is 10.6 Å². The minimum atomic E-state index is -1.47. The van der Waals surface area contributed by atoms with Crippen LogP contribution in [0.2, 0.25) is 1.41 Å². The summed E-state index contributed by atoms with van der Waals surface area (Å²) in [5, 5.41) is 3.84. The summed E-state index contributed by atoms with van der Waals surface area (Å²) in [4.78, 5) is 0. The van der Waals surface area contributed by atoms with E-state index in [4.69, 9.17) is 4.15 Å². The maximum absolute atomic E-state index is 7.17. The van der Waals surface area contributed by atoms with Crippen LogP contribution in [0.25, 0.3) is 0 Å². The fourth-order valence-electron chi connectivity index (χ4n) is 0.414. The van der Waals surface area contributed by atoms with Gasteiger partial charge in [0.15, 0.2) is 0 Å². The van der Waals surface area contributed by atoms with Crippen molar-refractivity contribution in [1.29, 1.82) is 0 Å². The maximum atomic E-state index is 7.17. The first kappa shape index (κ1) is 1.80. The third kappa shape index (κ3) is 0.954. The molecule has 0 spiro atoms. The van der Waals surface area contributed by atoms with Gasteiger partial charge in [-0.1, -0.05) is 0 Å². The summed E-state index contributed by atoms with van der Waals surface area (Å²) in [6.07, 6.45) is 0. The molecule has 0 unspecified atom stereocenters. The van der Waals surface area contributed by atoms with Crippen LogP contribution >= 0.6 is 0 Å². The fourth-order valence-corrected chi connectivity index (χ4v) is 0.414. The topological polar surface area (TPSA) is 24.1 Å². The van der Waals surface area contributed by atoms with Gasteiger partial charge in [-0.25, -0.2) is 0 Å². The molecule has 2 nitrogen and oxygen atoms in total. The molecule has 0 aromatic heterocycles. The first-order chi connectivity index (χ1) is 4.13. The molecule has 6 heavy (non-hydrogen) atoms. The highest BCUT2D eigenvalue weighted by Crippen LogP contribution is 1.65. The van der Waals surface area contributed by atoms with Gasteiger partial charge in [0.1, 0.15) is 1.41 Å². The van der Waals surface area contributed by atoms with Crippen LogP contribution < -0.4 is 10.6 Å². The average molecular weight is 89.2 g/mol. The Labute approximate surface area is 42.2 Å². The Kier molecular flexibility index (Phi) is 0.648. The van der Waals surface area contributed by atoms with Gasteiger partial charge in [-0.05, 0) is 0 Å². The van der Waals surface area contributed by atoms with Crippen molar-refractivity contribution in [3.63, 3.8) is 0 Å². The molecule has 1 aliphatic rings. The molecular weight excluding hydrogens is 76.1 g/mol. The second-order valence-corrected chi connectivity index (χ2v) is 1.22. The zero-order chi connectivity index (χ0) is 6.91. The van der Waals surface area contributed by atoms with Crippen molar-refractivity contribution in [2.24, 2.45) is 0 Å². The van der Waals surface area contributed by atoms with Gasteiger partial charge in [0.2, 0.25) is 0 Å². The van der Waals surface area contributed by atoms with Gasteiger partial charge in [-0.3, -0.25) is 0 Å². The zero-order valence-electron chi connectivity index (χ0n) is 6.57. The summed E-state index contributed by atoms with van der Waals surface area (Å²) in [5.41, 5.74) is 0. The van der Waals surface area contributed by atoms with Crippen molar-refractivity contribution >= 4 is 0 Å². The Morgan fingerprint density at radius 1 is 1.50 bits per heavy atom. The molecule has 0 saturated carbocycles. The van der Waals surface area contributed by atoms with Crippen LogP contribution in [0.1, 0.15) is 2.74 Å². The van der Waals surface area contributed by atoms with Crippen molar-refractivity contribution in [2.75, 3.05) is 26.1 Å². The lowest BCUT2D eigenvalue weighted by Gasteiger charge is -2.11. The molecule has 0 atom stereocenters. The van der Waals surface area contributed by atoms with E-state index in [0.29, 0.717) is 13.1 Å². The predicted octanol–water partition coefficient (Wildman–Crippen LogP) is -0.821. The lowest BCUT2D eigenvalue weighted by Crippen LogP contribution is -2.39. The van der Waals surface area contributed by atoms with Gasteiger partial charge in [0, 0.05) is 28.9 Å². The standard InChI is InChI=1S/C4H10N2/c1-2-6-4-3-5-1/h5-6H,1-4H2/i1D2/hD. The Balaban J connectivity index is 2.49. The summed E-state index contributed by atoms with van der Waals surface area (Å²) < 4.78 is 21.4. The fraction of sp³-hybridized carbons (Fsp3) is 1.00. The first-order valence-electron chi connectivity index (χ1n) is 3.55. The smallest absolute Gasteiger partial charge is 0.122 e. The molecule has 36 valence electrons. The van der Waals surface area contributed by atoms with Crippen molar-refractivity contribution in [3.05, 3.63) is 0 Å². The molecule has 0 radical (unpaired) electrons. The Morgan fingerprint density at radius 2 is 2.50 bits per heavy atom. The van der Waals surface area contributed by atoms with Crippen LogP contribution in [-0.2, 0) is 0 Å². The van der Waals surface area contributed by atoms with E-state index >= 15 is 0 Å². The molecule has 0 amide bonds. The molecule has 1 saturated heterocycles. The lowest BCUT2D eigenvalue weighted by molar-refractivity contribution is 0.534. The molecule has 1 rings (SSSR count). The SMILES string of the molecule is [2H]N1CCNCC1([2H])[2H]. The van der Waals surface area contributed by atoms with Crippen molar-refractivity contribution in [1.82, 2.24) is 10.6 Å². The molecule has 1 heterocycles. The second-order valence-electron chi connectivity index (χ2n) is 1.22. The molecule has 2 N–H and O–H groups in total. The lowest BCUT2D eigenvalue weighted by atomic mass is 10.4. The normalized spacial score (nSPS) is 43.0. The highest BCUT2D eigenvalue weighted by molar-refractivity contribution is 4.59. The van der Waals surface area contributed by atoms with Crippen LogP contribution in [0.3, 0.4) is 0 Å². The zero-order valence-corrected chi connectivity index (χ0v) is 3.57. The highest BCUT2D eigenvalue weighted by atomic mass is 15.0. The summed E-state index contributed by atoms with van der Waals surface area (Å²) in [6.45, 7) is -0.0369. The van der Waals surface area contributed by atoms with Crippen LogP contribution in [0.15, 0.2) is 0 Å². The van der Waals surface area contributed by atoms with Gasteiger partial charge in [0.05, 0.1) is 0 Å². The quantitative estimate of drug-likeness (QED) is 0.405. The monoisotopic (exact) mass is 89.1 g/mol. The summed E-state index contributed by atoms with van der Waals surface area (Å²) >= 11 is 0. The molecule has 1 aliphatic heterocycles. The van der Waals surface area contributed by atoms with Crippen LogP contribution in [0, 0.1) is 0 Å². The predicted molar refractivity (Wildman–Crippen MR) is 25.7 cm³/mol. The Morgan fingerprint density at radius 3 is 3.00 bits per heavy atom. The molecule has 1 fully saturated rings. The Hall–Kier alpha value is -0.0800. The highest BCUT2D eigenvalue weighted by Gasteiger charge is 1.91. The van der Waals surface area contributed by atoms with Gasteiger partial charge in [-0.15, -0.1) is 0 Å². The first-order valence-corrected chi connectivity index (χ1v) is 2.10. The van der Waals surface area contributed by atoms with Gasteiger partial charge >= 0.3 is 0 Å². The van der Waals surface area contributed by atoms with E-state index in [1.165, 1.54) is 0 Å². The third-order valence-corrected chi connectivity index (χ3v) is 0.716. The minimum absolute atomic E-state index is 0.260. The minimum Gasteiger partial charge on any atom is -0.314 e. The Bertz CT molecular complexity index is 106.